The fraction of sp³-hybridized carbons (Fsp3) is 0.619. The van der Waals surface area contributed by atoms with Gasteiger partial charge < -0.3 is 15.1 Å². The molecule has 1 aromatic rings. The monoisotopic (exact) mass is 375 g/mol. The van der Waals surface area contributed by atoms with Crippen LogP contribution in [-0.4, -0.2) is 49.4 Å². The van der Waals surface area contributed by atoms with Gasteiger partial charge in [0.1, 0.15) is 5.82 Å². The van der Waals surface area contributed by atoms with Crippen molar-refractivity contribution in [2.24, 2.45) is 5.92 Å². The van der Waals surface area contributed by atoms with Gasteiger partial charge in [-0.1, -0.05) is 19.3 Å². The highest BCUT2D eigenvalue weighted by atomic mass is 19.1. The van der Waals surface area contributed by atoms with E-state index in [9.17, 15) is 14.0 Å². The van der Waals surface area contributed by atoms with E-state index < -0.39 is 0 Å². The summed E-state index contributed by atoms with van der Waals surface area (Å²) in [6, 6.07) is 6.23. The summed E-state index contributed by atoms with van der Waals surface area (Å²) < 4.78 is 13.0. The standard InChI is InChI=1S/C21H30FN3O2/c1-24(19-9-7-17(22)8-10-19)15-20(26)23-18-11-13-25(14-12-18)21(27)16-5-3-2-4-6-16/h7-10,16,18H,2-6,11-15H2,1H3,(H,23,26). The molecule has 1 aliphatic heterocycles. The number of halogens is 1. The number of carbonyl (C=O) groups is 2. The first-order valence-corrected chi connectivity index (χ1v) is 10.1. The highest BCUT2D eigenvalue weighted by Crippen LogP contribution is 2.26. The van der Waals surface area contributed by atoms with Crippen LogP contribution < -0.4 is 10.2 Å². The summed E-state index contributed by atoms with van der Waals surface area (Å²) in [4.78, 5) is 28.7. The van der Waals surface area contributed by atoms with Crippen molar-refractivity contribution >= 4 is 17.5 Å². The zero-order valence-corrected chi connectivity index (χ0v) is 16.1. The lowest BCUT2D eigenvalue weighted by Gasteiger charge is -2.35. The summed E-state index contributed by atoms with van der Waals surface area (Å²) >= 11 is 0. The third-order valence-corrected chi connectivity index (χ3v) is 5.77. The molecule has 27 heavy (non-hydrogen) atoms. The Morgan fingerprint density at radius 2 is 1.70 bits per heavy atom. The molecule has 1 saturated heterocycles. The van der Waals surface area contributed by atoms with E-state index in [2.05, 4.69) is 5.32 Å². The molecule has 5 nitrogen and oxygen atoms in total. The van der Waals surface area contributed by atoms with Gasteiger partial charge in [-0.05, 0) is 49.9 Å². The topological polar surface area (TPSA) is 52.7 Å². The van der Waals surface area contributed by atoms with Crippen molar-refractivity contribution in [3.63, 3.8) is 0 Å². The van der Waals surface area contributed by atoms with E-state index in [4.69, 9.17) is 0 Å². The molecular formula is C21H30FN3O2. The smallest absolute Gasteiger partial charge is 0.239 e. The van der Waals surface area contributed by atoms with Gasteiger partial charge in [0, 0.05) is 37.8 Å². The van der Waals surface area contributed by atoms with Crippen LogP contribution in [0.5, 0.6) is 0 Å². The minimum absolute atomic E-state index is 0.0427. The maximum atomic E-state index is 13.0. The molecule has 1 heterocycles. The Morgan fingerprint density at radius 3 is 2.33 bits per heavy atom. The summed E-state index contributed by atoms with van der Waals surface area (Å²) in [5.41, 5.74) is 0.805. The average Bonchev–Trinajstić information content (AvgIpc) is 2.69. The Bertz CT molecular complexity index is 635. The lowest BCUT2D eigenvalue weighted by Crippen LogP contribution is -2.49. The Labute approximate surface area is 160 Å². The Kier molecular flexibility index (Phi) is 6.69. The molecule has 1 saturated carbocycles. The quantitative estimate of drug-likeness (QED) is 0.861. The number of amides is 2. The summed E-state index contributed by atoms with van der Waals surface area (Å²) in [5, 5.41) is 3.08. The molecule has 0 unspecified atom stereocenters. The van der Waals surface area contributed by atoms with Gasteiger partial charge in [-0.2, -0.15) is 0 Å². The van der Waals surface area contributed by atoms with Crippen molar-refractivity contribution in [1.29, 1.82) is 0 Å². The number of rotatable bonds is 5. The molecule has 0 spiro atoms. The van der Waals surface area contributed by atoms with E-state index in [1.54, 1.807) is 17.0 Å². The SMILES string of the molecule is CN(CC(=O)NC1CCN(C(=O)C2CCCCC2)CC1)c1ccc(F)cc1. The van der Waals surface area contributed by atoms with Crippen LogP contribution in [-0.2, 0) is 9.59 Å². The number of anilines is 1. The van der Waals surface area contributed by atoms with Crippen LogP contribution in [0.1, 0.15) is 44.9 Å². The fourth-order valence-corrected chi connectivity index (χ4v) is 4.13. The maximum Gasteiger partial charge on any atom is 0.239 e. The summed E-state index contributed by atoms with van der Waals surface area (Å²) in [6.07, 6.45) is 7.28. The molecule has 0 radical (unpaired) electrons. The minimum Gasteiger partial charge on any atom is -0.365 e. The lowest BCUT2D eigenvalue weighted by molar-refractivity contribution is -0.137. The molecular weight excluding hydrogens is 345 g/mol. The van der Waals surface area contributed by atoms with Gasteiger partial charge in [-0.15, -0.1) is 0 Å². The number of nitrogens with one attached hydrogen (secondary N) is 1. The number of benzene rings is 1. The molecule has 2 fully saturated rings. The molecule has 0 aromatic heterocycles. The second-order valence-corrected chi connectivity index (χ2v) is 7.83. The number of hydrogen-bond donors (Lipinski definition) is 1. The molecule has 148 valence electrons. The van der Waals surface area contributed by atoms with Crippen molar-refractivity contribution in [3.05, 3.63) is 30.1 Å². The molecule has 6 heteroatoms. The van der Waals surface area contributed by atoms with E-state index in [0.29, 0.717) is 5.91 Å². The predicted octanol–water partition coefficient (Wildman–Crippen LogP) is 2.95. The third kappa shape index (κ3) is 5.44. The van der Waals surface area contributed by atoms with Crippen molar-refractivity contribution in [1.82, 2.24) is 10.2 Å². The van der Waals surface area contributed by atoms with Crippen molar-refractivity contribution in [2.45, 2.75) is 51.0 Å². The number of likely N-dealkylation sites (N-methyl/N-ethyl adjacent to an activating group) is 1. The predicted molar refractivity (Wildman–Crippen MR) is 104 cm³/mol. The van der Waals surface area contributed by atoms with Gasteiger partial charge in [0.05, 0.1) is 6.54 Å². The van der Waals surface area contributed by atoms with E-state index >= 15 is 0 Å². The van der Waals surface area contributed by atoms with E-state index in [0.717, 1.165) is 44.5 Å². The fourth-order valence-electron chi connectivity index (χ4n) is 4.13. The van der Waals surface area contributed by atoms with Gasteiger partial charge >= 0.3 is 0 Å². The number of piperidine rings is 1. The molecule has 1 N–H and O–H groups in total. The van der Waals surface area contributed by atoms with Crippen molar-refractivity contribution in [2.75, 3.05) is 31.6 Å². The summed E-state index contributed by atoms with van der Waals surface area (Å²) in [5.74, 6) is 0.204. The number of nitrogens with zero attached hydrogens (tertiary/aromatic N) is 2. The third-order valence-electron chi connectivity index (χ3n) is 5.77. The molecule has 1 aliphatic carbocycles. The lowest BCUT2D eigenvalue weighted by atomic mass is 9.87. The van der Waals surface area contributed by atoms with Crippen LogP contribution in [0.15, 0.2) is 24.3 Å². The van der Waals surface area contributed by atoms with Crippen LogP contribution in [0.2, 0.25) is 0 Å². The zero-order chi connectivity index (χ0) is 19.2. The highest BCUT2D eigenvalue weighted by Gasteiger charge is 2.29. The highest BCUT2D eigenvalue weighted by molar-refractivity contribution is 5.81. The van der Waals surface area contributed by atoms with Crippen molar-refractivity contribution in [3.8, 4) is 0 Å². The number of carbonyl (C=O) groups excluding carboxylic acids is 2. The van der Waals surface area contributed by atoms with Crippen LogP contribution >= 0.6 is 0 Å². The molecule has 0 bridgehead atoms. The van der Waals surface area contributed by atoms with Crippen LogP contribution in [0.3, 0.4) is 0 Å². The summed E-state index contributed by atoms with van der Waals surface area (Å²) in [6.45, 7) is 1.69. The van der Waals surface area contributed by atoms with Gasteiger partial charge in [-0.25, -0.2) is 4.39 Å². The van der Waals surface area contributed by atoms with Gasteiger partial charge in [-0.3, -0.25) is 9.59 Å². The number of hydrogen-bond acceptors (Lipinski definition) is 3. The first-order chi connectivity index (χ1) is 13.0. The van der Waals surface area contributed by atoms with Gasteiger partial charge in [0.25, 0.3) is 0 Å². The first kappa shape index (κ1) is 19.6. The Hall–Kier alpha value is -2.11. The Morgan fingerprint density at radius 1 is 1.07 bits per heavy atom. The second-order valence-electron chi connectivity index (χ2n) is 7.83. The molecule has 2 aliphatic rings. The minimum atomic E-state index is -0.286. The molecule has 2 amide bonds. The largest absolute Gasteiger partial charge is 0.365 e. The normalized spacial score (nSPS) is 19.0. The average molecular weight is 375 g/mol. The van der Waals surface area contributed by atoms with Gasteiger partial charge in [0.15, 0.2) is 0 Å². The summed E-state index contributed by atoms with van der Waals surface area (Å²) in [7, 11) is 1.82. The van der Waals surface area contributed by atoms with Gasteiger partial charge in [0.2, 0.25) is 11.8 Å². The van der Waals surface area contributed by atoms with Crippen LogP contribution in [0.4, 0.5) is 10.1 Å². The van der Waals surface area contributed by atoms with Crippen molar-refractivity contribution < 1.29 is 14.0 Å². The molecule has 3 rings (SSSR count). The van der Waals surface area contributed by atoms with E-state index in [1.165, 1.54) is 31.4 Å². The molecule has 1 aromatic carbocycles. The van der Waals surface area contributed by atoms with Crippen LogP contribution in [0, 0.1) is 11.7 Å². The maximum absolute atomic E-state index is 13.0. The van der Waals surface area contributed by atoms with E-state index in [-0.39, 0.29) is 30.2 Å². The zero-order valence-electron chi connectivity index (χ0n) is 16.1. The second kappa shape index (κ2) is 9.20. The number of likely N-dealkylation sites (tertiary alicyclic amines) is 1. The van der Waals surface area contributed by atoms with Crippen LogP contribution in [0.25, 0.3) is 0 Å². The first-order valence-electron chi connectivity index (χ1n) is 10.1. The molecule has 0 atom stereocenters. The Balaban J connectivity index is 1.41. The van der Waals surface area contributed by atoms with E-state index in [1.807, 2.05) is 11.9 Å².